The van der Waals surface area contributed by atoms with Gasteiger partial charge in [0.25, 0.3) is 5.89 Å². The number of thiophene rings is 1. The lowest BCUT2D eigenvalue weighted by molar-refractivity contribution is 0.433. The normalized spacial score (nSPS) is 10.8. The first-order valence-electron chi connectivity index (χ1n) is 5.59. The van der Waals surface area contributed by atoms with Crippen LogP contribution in [0.2, 0.25) is 0 Å². The molecule has 2 heterocycles. The number of rotatable bonds is 2. The number of anilines is 1. The van der Waals surface area contributed by atoms with E-state index in [0.717, 1.165) is 19.8 Å². The molecule has 0 saturated heterocycles. The van der Waals surface area contributed by atoms with Crippen LogP contribution in [0.5, 0.6) is 0 Å². The largest absolute Gasteiger partial charge is 0.399 e. The molecule has 0 amide bonds. The predicted octanol–water partition coefficient (Wildman–Crippen LogP) is 4.12. The van der Waals surface area contributed by atoms with Gasteiger partial charge in [-0.1, -0.05) is 17.3 Å². The van der Waals surface area contributed by atoms with Crippen molar-refractivity contribution in [3.63, 3.8) is 0 Å². The second kappa shape index (κ2) is 4.79. The van der Waals surface area contributed by atoms with Crippen molar-refractivity contribution < 1.29 is 4.52 Å². The van der Waals surface area contributed by atoms with E-state index in [0.29, 0.717) is 17.4 Å². The third kappa shape index (κ3) is 2.41. The van der Waals surface area contributed by atoms with Crippen LogP contribution in [0.4, 0.5) is 5.69 Å². The van der Waals surface area contributed by atoms with Crippen LogP contribution in [0.25, 0.3) is 22.2 Å². The van der Waals surface area contributed by atoms with E-state index in [4.69, 9.17) is 10.3 Å². The van der Waals surface area contributed by atoms with E-state index in [-0.39, 0.29) is 0 Å². The van der Waals surface area contributed by atoms with Gasteiger partial charge >= 0.3 is 0 Å². The van der Waals surface area contributed by atoms with Gasteiger partial charge in [0, 0.05) is 11.3 Å². The molecule has 2 aromatic heterocycles. The minimum absolute atomic E-state index is 0.524. The van der Waals surface area contributed by atoms with Gasteiger partial charge in [-0.05, 0) is 46.6 Å². The Morgan fingerprint density at radius 2 is 2.16 bits per heavy atom. The average molecular weight is 336 g/mol. The van der Waals surface area contributed by atoms with Gasteiger partial charge in [-0.15, -0.1) is 11.3 Å². The van der Waals surface area contributed by atoms with Gasteiger partial charge in [0.2, 0.25) is 5.82 Å². The summed E-state index contributed by atoms with van der Waals surface area (Å²) in [4.78, 5) is 5.35. The molecule has 0 spiro atoms. The Morgan fingerprint density at radius 1 is 1.32 bits per heavy atom. The lowest BCUT2D eigenvalue weighted by atomic mass is 10.2. The highest BCUT2D eigenvalue weighted by Gasteiger charge is 2.14. The molecule has 1 aromatic carbocycles. The lowest BCUT2D eigenvalue weighted by Crippen LogP contribution is -1.86. The summed E-state index contributed by atoms with van der Waals surface area (Å²) in [5, 5.41) is 3.99. The number of nitrogen functional groups attached to an aromatic ring is 1. The Kier molecular flexibility index (Phi) is 3.12. The number of hydrogen-bond acceptors (Lipinski definition) is 5. The maximum absolute atomic E-state index is 5.75. The quantitative estimate of drug-likeness (QED) is 0.715. The van der Waals surface area contributed by atoms with Crippen molar-refractivity contribution in [1.82, 2.24) is 10.1 Å². The zero-order valence-corrected chi connectivity index (χ0v) is 12.5. The van der Waals surface area contributed by atoms with Crippen molar-refractivity contribution in [3.8, 4) is 22.2 Å². The number of nitrogens with zero attached hydrogens (tertiary/aromatic N) is 2. The summed E-state index contributed by atoms with van der Waals surface area (Å²) in [7, 11) is 0. The highest BCUT2D eigenvalue weighted by molar-refractivity contribution is 9.11. The first kappa shape index (κ1) is 12.4. The number of hydrogen-bond donors (Lipinski definition) is 1. The molecular formula is C13H10BrN3OS. The Labute approximate surface area is 122 Å². The van der Waals surface area contributed by atoms with Gasteiger partial charge in [-0.2, -0.15) is 4.98 Å². The molecule has 0 saturated carbocycles. The number of aromatic nitrogens is 2. The van der Waals surface area contributed by atoms with E-state index in [1.807, 2.05) is 37.3 Å². The van der Waals surface area contributed by atoms with E-state index in [1.165, 1.54) is 0 Å². The topological polar surface area (TPSA) is 64.9 Å². The molecule has 0 aliphatic rings. The summed E-state index contributed by atoms with van der Waals surface area (Å²) in [6, 6.07) is 9.44. The Morgan fingerprint density at radius 3 is 2.84 bits per heavy atom. The van der Waals surface area contributed by atoms with E-state index < -0.39 is 0 Å². The number of aryl methyl sites for hydroxylation is 1. The average Bonchev–Trinajstić information content (AvgIpc) is 2.97. The Balaban J connectivity index is 1.99. The molecule has 19 heavy (non-hydrogen) atoms. The van der Waals surface area contributed by atoms with Crippen LogP contribution in [0.1, 0.15) is 5.56 Å². The zero-order chi connectivity index (χ0) is 13.4. The molecule has 0 atom stereocenters. The van der Waals surface area contributed by atoms with Crippen molar-refractivity contribution in [1.29, 1.82) is 0 Å². The van der Waals surface area contributed by atoms with Gasteiger partial charge < -0.3 is 10.3 Å². The smallest absolute Gasteiger partial charge is 0.268 e. The summed E-state index contributed by atoms with van der Waals surface area (Å²) in [6.45, 7) is 2.03. The fourth-order valence-corrected chi connectivity index (χ4v) is 3.14. The highest BCUT2D eigenvalue weighted by Crippen LogP contribution is 2.34. The molecule has 0 aliphatic carbocycles. The van der Waals surface area contributed by atoms with Gasteiger partial charge in [-0.3, -0.25) is 0 Å². The minimum atomic E-state index is 0.524. The summed E-state index contributed by atoms with van der Waals surface area (Å²) in [5.41, 5.74) is 8.43. The third-order valence-corrected chi connectivity index (χ3v) is 4.76. The molecule has 3 aromatic rings. The molecule has 2 N–H and O–H groups in total. The van der Waals surface area contributed by atoms with Crippen molar-refractivity contribution >= 4 is 33.0 Å². The van der Waals surface area contributed by atoms with Crippen LogP contribution < -0.4 is 5.73 Å². The lowest BCUT2D eigenvalue weighted by Gasteiger charge is -1.95. The molecule has 0 aliphatic heterocycles. The van der Waals surface area contributed by atoms with E-state index in [2.05, 4.69) is 26.1 Å². The van der Waals surface area contributed by atoms with Crippen molar-refractivity contribution in [3.05, 3.63) is 39.7 Å². The van der Waals surface area contributed by atoms with Crippen molar-refractivity contribution in [2.45, 2.75) is 6.92 Å². The van der Waals surface area contributed by atoms with Crippen molar-refractivity contribution in [2.24, 2.45) is 0 Å². The first-order chi connectivity index (χ1) is 9.13. The SMILES string of the molecule is Cc1cc(-c2nc(-c3cccc(N)c3)no2)sc1Br. The molecule has 3 rings (SSSR count). The van der Waals surface area contributed by atoms with Gasteiger partial charge in [0.05, 0.1) is 8.66 Å². The fourth-order valence-electron chi connectivity index (χ4n) is 1.68. The molecular weight excluding hydrogens is 326 g/mol. The number of halogens is 1. The standard InChI is InChI=1S/C13H10BrN3OS/c1-7-5-10(19-11(7)14)13-16-12(17-18-13)8-3-2-4-9(15)6-8/h2-6H,15H2,1H3. The molecule has 6 heteroatoms. The van der Waals surface area contributed by atoms with E-state index >= 15 is 0 Å². The fraction of sp³-hybridized carbons (Fsp3) is 0.0769. The minimum Gasteiger partial charge on any atom is -0.399 e. The second-order valence-corrected chi connectivity index (χ2v) is 6.49. The maximum Gasteiger partial charge on any atom is 0.268 e. The maximum atomic E-state index is 5.75. The van der Waals surface area contributed by atoms with E-state index in [1.54, 1.807) is 11.3 Å². The first-order valence-corrected chi connectivity index (χ1v) is 7.20. The summed E-state index contributed by atoms with van der Waals surface area (Å²) < 4.78 is 6.38. The van der Waals surface area contributed by atoms with Crippen LogP contribution in [0.15, 0.2) is 38.6 Å². The molecule has 0 radical (unpaired) electrons. The van der Waals surface area contributed by atoms with Crippen LogP contribution in [-0.4, -0.2) is 10.1 Å². The monoisotopic (exact) mass is 335 g/mol. The Bertz CT molecular complexity index is 716. The zero-order valence-electron chi connectivity index (χ0n) is 10.1. The Hall–Kier alpha value is -1.66. The van der Waals surface area contributed by atoms with Crippen molar-refractivity contribution in [2.75, 3.05) is 5.73 Å². The van der Waals surface area contributed by atoms with Crippen LogP contribution in [0.3, 0.4) is 0 Å². The number of nitrogens with two attached hydrogens (primary N) is 1. The van der Waals surface area contributed by atoms with E-state index in [9.17, 15) is 0 Å². The third-order valence-electron chi connectivity index (χ3n) is 2.64. The second-order valence-electron chi connectivity index (χ2n) is 4.12. The number of benzene rings is 1. The van der Waals surface area contributed by atoms with Gasteiger partial charge in [0.1, 0.15) is 0 Å². The van der Waals surface area contributed by atoms with Gasteiger partial charge in [-0.25, -0.2) is 0 Å². The molecule has 4 nitrogen and oxygen atoms in total. The molecule has 96 valence electrons. The molecule has 0 bridgehead atoms. The summed E-state index contributed by atoms with van der Waals surface area (Å²) >= 11 is 5.06. The molecule has 0 unspecified atom stereocenters. The van der Waals surface area contributed by atoms with Crippen LogP contribution in [-0.2, 0) is 0 Å². The van der Waals surface area contributed by atoms with Crippen LogP contribution in [0, 0.1) is 6.92 Å². The summed E-state index contributed by atoms with van der Waals surface area (Å²) in [5.74, 6) is 1.07. The molecule has 0 fully saturated rings. The highest BCUT2D eigenvalue weighted by atomic mass is 79.9. The van der Waals surface area contributed by atoms with Gasteiger partial charge in [0.15, 0.2) is 0 Å². The summed E-state index contributed by atoms with van der Waals surface area (Å²) in [6.07, 6.45) is 0. The van der Waals surface area contributed by atoms with Crippen LogP contribution >= 0.6 is 27.3 Å². The predicted molar refractivity (Wildman–Crippen MR) is 79.9 cm³/mol.